The predicted molar refractivity (Wildman–Crippen MR) is 79.2 cm³/mol. The molecule has 1 aromatic carbocycles. The van der Waals surface area contributed by atoms with E-state index in [1.807, 2.05) is 18.2 Å². The van der Waals surface area contributed by atoms with Crippen molar-refractivity contribution >= 4 is 29.1 Å². The van der Waals surface area contributed by atoms with E-state index in [2.05, 4.69) is 4.98 Å². The number of halogens is 1. The van der Waals surface area contributed by atoms with Gasteiger partial charge in [0.1, 0.15) is 0 Å². The molecule has 0 amide bonds. The quantitative estimate of drug-likeness (QED) is 0.905. The maximum atomic E-state index is 11.1. The first-order valence-corrected chi connectivity index (χ1v) is 6.30. The Morgan fingerprint density at radius 1 is 1.45 bits per heavy atom. The molecular weight excluding hydrogens is 278 g/mol. The summed E-state index contributed by atoms with van der Waals surface area (Å²) in [6, 6.07) is 8.81. The van der Waals surface area contributed by atoms with Gasteiger partial charge in [0.05, 0.1) is 11.3 Å². The average molecular weight is 292 g/mol. The van der Waals surface area contributed by atoms with Gasteiger partial charge in [-0.2, -0.15) is 0 Å². The molecule has 1 aromatic heterocycles. The van der Waals surface area contributed by atoms with Gasteiger partial charge in [0.15, 0.2) is 5.82 Å². The van der Waals surface area contributed by atoms with E-state index in [0.29, 0.717) is 17.4 Å². The Bertz CT molecular complexity index is 646. The van der Waals surface area contributed by atoms with E-state index in [1.54, 1.807) is 18.0 Å². The van der Waals surface area contributed by atoms with Gasteiger partial charge in [-0.3, -0.25) is 0 Å². The number of benzene rings is 1. The Kier molecular flexibility index (Phi) is 4.10. The van der Waals surface area contributed by atoms with Crippen molar-refractivity contribution in [2.45, 2.75) is 6.54 Å². The molecular formula is C14H14ClN3O2. The standard InChI is InChI=1S/C14H14ClN3O2/c1-18(8-9-3-2-4-10(15)7-9)13-12(16)11(14(19)20)5-6-17-13/h2-7H,8,16H2,1H3,(H,19,20). The first-order valence-electron chi connectivity index (χ1n) is 5.92. The zero-order valence-electron chi connectivity index (χ0n) is 10.9. The molecule has 0 fully saturated rings. The van der Waals surface area contributed by atoms with Crippen LogP contribution in [0.2, 0.25) is 5.02 Å². The van der Waals surface area contributed by atoms with Crippen LogP contribution in [0.3, 0.4) is 0 Å². The Hall–Kier alpha value is -2.27. The highest BCUT2D eigenvalue weighted by molar-refractivity contribution is 6.30. The fraction of sp³-hybridized carbons (Fsp3) is 0.143. The third-order valence-electron chi connectivity index (χ3n) is 2.87. The number of nitrogen functional groups attached to an aromatic ring is 1. The number of aromatic nitrogens is 1. The van der Waals surface area contributed by atoms with E-state index in [0.717, 1.165) is 5.56 Å². The minimum Gasteiger partial charge on any atom is -0.478 e. The largest absolute Gasteiger partial charge is 0.478 e. The first-order chi connectivity index (χ1) is 9.49. The molecule has 0 aliphatic carbocycles. The molecule has 104 valence electrons. The zero-order valence-corrected chi connectivity index (χ0v) is 11.6. The summed E-state index contributed by atoms with van der Waals surface area (Å²) in [5, 5.41) is 9.70. The normalized spacial score (nSPS) is 10.3. The van der Waals surface area contributed by atoms with E-state index < -0.39 is 5.97 Å². The molecule has 2 aromatic rings. The molecule has 3 N–H and O–H groups in total. The molecule has 0 aliphatic rings. The second-order valence-electron chi connectivity index (χ2n) is 4.39. The second kappa shape index (κ2) is 5.79. The molecule has 1 heterocycles. The van der Waals surface area contributed by atoms with Gasteiger partial charge in [0.2, 0.25) is 0 Å². The molecule has 5 nitrogen and oxygen atoms in total. The number of nitrogens with zero attached hydrogens (tertiary/aromatic N) is 2. The number of carboxylic acids is 1. The van der Waals surface area contributed by atoms with Crippen molar-refractivity contribution in [3.8, 4) is 0 Å². The summed E-state index contributed by atoms with van der Waals surface area (Å²) in [5.74, 6) is -0.632. The number of nitrogens with two attached hydrogens (primary N) is 1. The van der Waals surface area contributed by atoms with Gasteiger partial charge in [0.25, 0.3) is 0 Å². The summed E-state index contributed by atoms with van der Waals surface area (Å²) >= 11 is 5.94. The molecule has 0 saturated carbocycles. The molecule has 0 aliphatic heterocycles. The van der Waals surface area contributed by atoms with Crippen molar-refractivity contribution in [1.82, 2.24) is 4.98 Å². The Balaban J connectivity index is 2.28. The third-order valence-corrected chi connectivity index (χ3v) is 3.10. The van der Waals surface area contributed by atoms with E-state index in [9.17, 15) is 4.79 Å². The highest BCUT2D eigenvalue weighted by atomic mass is 35.5. The summed E-state index contributed by atoms with van der Waals surface area (Å²) in [6.45, 7) is 0.529. The number of rotatable bonds is 4. The van der Waals surface area contributed by atoms with Crippen molar-refractivity contribution in [3.05, 3.63) is 52.7 Å². The summed E-state index contributed by atoms with van der Waals surface area (Å²) < 4.78 is 0. The van der Waals surface area contributed by atoms with Crippen LogP contribution in [0, 0.1) is 0 Å². The topological polar surface area (TPSA) is 79.5 Å². The van der Waals surface area contributed by atoms with Crippen LogP contribution in [0.15, 0.2) is 36.5 Å². The highest BCUT2D eigenvalue weighted by Gasteiger charge is 2.15. The van der Waals surface area contributed by atoms with Crippen LogP contribution in [-0.4, -0.2) is 23.1 Å². The van der Waals surface area contributed by atoms with Gasteiger partial charge in [0, 0.05) is 24.8 Å². The molecule has 0 radical (unpaired) electrons. The van der Waals surface area contributed by atoms with E-state index in [4.69, 9.17) is 22.4 Å². The monoisotopic (exact) mass is 291 g/mol. The van der Waals surface area contributed by atoms with Gasteiger partial charge in [-0.1, -0.05) is 23.7 Å². The predicted octanol–water partition coefficient (Wildman–Crippen LogP) is 2.65. The fourth-order valence-electron chi connectivity index (χ4n) is 1.94. The number of hydrogen-bond donors (Lipinski definition) is 2. The molecule has 0 saturated heterocycles. The maximum Gasteiger partial charge on any atom is 0.337 e. The van der Waals surface area contributed by atoms with E-state index >= 15 is 0 Å². The van der Waals surface area contributed by atoms with Crippen LogP contribution in [0.25, 0.3) is 0 Å². The molecule has 6 heteroatoms. The number of carbonyl (C=O) groups is 1. The molecule has 0 bridgehead atoms. The average Bonchev–Trinajstić information content (AvgIpc) is 2.38. The summed E-state index contributed by atoms with van der Waals surface area (Å²) in [5.41, 5.74) is 7.05. The molecule has 0 atom stereocenters. The fourth-order valence-corrected chi connectivity index (χ4v) is 2.15. The summed E-state index contributed by atoms with van der Waals surface area (Å²) in [7, 11) is 1.80. The first kappa shape index (κ1) is 14.1. The summed E-state index contributed by atoms with van der Waals surface area (Å²) in [6.07, 6.45) is 1.43. The van der Waals surface area contributed by atoms with Crippen molar-refractivity contribution in [2.24, 2.45) is 0 Å². The lowest BCUT2D eigenvalue weighted by molar-refractivity contribution is 0.0698. The Morgan fingerprint density at radius 2 is 2.20 bits per heavy atom. The summed E-state index contributed by atoms with van der Waals surface area (Å²) in [4.78, 5) is 17.0. The molecule has 0 spiro atoms. The van der Waals surface area contributed by atoms with Crippen molar-refractivity contribution < 1.29 is 9.90 Å². The van der Waals surface area contributed by atoms with Gasteiger partial charge >= 0.3 is 5.97 Å². The lowest BCUT2D eigenvalue weighted by Crippen LogP contribution is -2.20. The van der Waals surface area contributed by atoms with Crippen molar-refractivity contribution in [3.63, 3.8) is 0 Å². The number of pyridine rings is 1. The van der Waals surface area contributed by atoms with Gasteiger partial charge < -0.3 is 15.7 Å². The van der Waals surface area contributed by atoms with Gasteiger partial charge in [-0.15, -0.1) is 0 Å². The number of aromatic carboxylic acids is 1. The third kappa shape index (κ3) is 3.00. The molecule has 2 rings (SSSR count). The second-order valence-corrected chi connectivity index (χ2v) is 4.82. The van der Waals surface area contributed by atoms with Crippen molar-refractivity contribution in [2.75, 3.05) is 17.7 Å². The van der Waals surface area contributed by atoms with E-state index in [1.165, 1.54) is 12.3 Å². The van der Waals surface area contributed by atoms with Crippen molar-refractivity contribution in [1.29, 1.82) is 0 Å². The van der Waals surface area contributed by atoms with Crippen LogP contribution < -0.4 is 10.6 Å². The van der Waals surface area contributed by atoms with Crippen LogP contribution in [0.5, 0.6) is 0 Å². The minimum absolute atomic E-state index is 0.0490. The number of hydrogen-bond acceptors (Lipinski definition) is 4. The smallest absolute Gasteiger partial charge is 0.337 e. The minimum atomic E-state index is -1.07. The van der Waals surface area contributed by atoms with Crippen LogP contribution >= 0.6 is 11.6 Å². The molecule has 20 heavy (non-hydrogen) atoms. The number of carboxylic acid groups (broad SMARTS) is 1. The number of anilines is 2. The molecule has 0 unspecified atom stereocenters. The van der Waals surface area contributed by atoms with Gasteiger partial charge in [-0.05, 0) is 23.8 Å². The lowest BCUT2D eigenvalue weighted by Gasteiger charge is -2.20. The van der Waals surface area contributed by atoms with Crippen LogP contribution in [0.4, 0.5) is 11.5 Å². The Labute approximate surface area is 121 Å². The van der Waals surface area contributed by atoms with E-state index in [-0.39, 0.29) is 11.3 Å². The van der Waals surface area contributed by atoms with Gasteiger partial charge in [-0.25, -0.2) is 9.78 Å². The zero-order chi connectivity index (χ0) is 14.7. The highest BCUT2D eigenvalue weighted by Crippen LogP contribution is 2.24. The maximum absolute atomic E-state index is 11.1. The lowest BCUT2D eigenvalue weighted by atomic mass is 10.2. The SMILES string of the molecule is CN(Cc1cccc(Cl)c1)c1nccc(C(=O)O)c1N. The van der Waals surface area contributed by atoms with Crippen LogP contribution in [-0.2, 0) is 6.54 Å². The Morgan fingerprint density at radius 3 is 2.85 bits per heavy atom. The van der Waals surface area contributed by atoms with Crippen LogP contribution in [0.1, 0.15) is 15.9 Å².